The second-order valence-electron chi connectivity index (χ2n) is 4.11. The molecule has 6 heteroatoms. The molecule has 0 saturated carbocycles. The number of thiocarbonyl (C=S) groups is 1. The third-order valence-electron chi connectivity index (χ3n) is 2.76. The fourth-order valence-corrected chi connectivity index (χ4v) is 1.49. The topological polar surface area (TPSA) is 67.2 Å². The molecule has 1 aromatic rings. The van der Waals surface area contributed by atoms with Gasteiger partial charge in [-0.05, 0) is 25.5 Å². The third-order valence-corrected chi connectivity index (χ3v) is 3.21. The SMILES string of the molecule is CCC(C)(NC(=O)Nc1ccccc1F)C(N)=S. The number of carbonyl (C=O) groups is 1. The fraction of sp³-hybridized carbons (Fsp3) is 0.333. The van der Waals surface area contributed by atoms with E-state index in [9.17, 15) is 9.18 Å². The zero-order valence-corrected chi connectivity index (χ0v) is 11.1. The Balaban J connectivity index is 2.73. The second-order valence-corrected chi connectivity index (χ2v) is 4.55. The highest BCUT2D eigenvalue weighted by Gasteiger charge is 2.27. The molecule has 18 heavy (non-hydrogen) atoms. The minimum atomic E-state index is -0.787. The third kappa shape index (κ3) is 3.40. The lowest BCUT2D eigenvalue weighted by molar-refractivity contribution is 0.245. The molecule has 0 radical (unpaired) electrons. The highest BCUT2D eigenvalue weighted by atomic mass is 32.1. The predicted molar refractivity (Wildman–Crippen MR) is 74.0 cm³/mol. The summed E-state index contributed by atoms with van der Waals surface area (Å²) in [6.45, 7) is 3.57. The highest BCUT2D eigenvalue weighted by Crippen LogP contribution is 2.14. The molecule has 0 aliphatic heterocycles. The van der Waals surface area contributed by atoms with Crippen molar-refractivity contribution >= 4 is 28.9 Å². The molecule has 1 atom stereocenters. The lowest BCUT2D eigenvalue weighted by Gasteiger charge is -2.28. The quantitative estimate of drug-likeness (QED) is 0.735. The number of benzene rings is 1. The molecule has 1 aromatic carbocycles. The number of carbonyl (C=O) groups excluding carboxylic acids is 1. The molecule has 0 spiro atoms. The number of anilines is 1. The number of rotatable bonds is 4. The molecule has 98 valence electrons. The van der Waals surface area contributed by atoms with Crippen LogP contribution in [0.2, 0.25) is 0 Å². The molecule has 0 aromatic heterocycles. The zero-order chi connectivity index (χ0) is 13.8. The molecule has 0 fully saturated rings. The number of amides is 2. The van der Waals surface area contributed by atoms with E-state index in [1.54, 1.807) is 19.1 Å². The Bertz CT molecular complexity index is 466. The Labute approximate surface area is 111 Å². The van der Waals surface area contributed by atoms with E-state index in [4.69, 9.17) is 18.0 Å². The first-order valence-corrected chi connectivity index (χ1v) is 5.93. The van der Waals surface area contributed by atoms with Crippen molar-refractivity contribution in [2.24, 2.45) is 5.73 Å². The van der Waals surface area contributed by atoms with Gasteiger partial charge in [0, 0.05) is 0 Å². The van der Waals surface area contributed by atoms with Crippen LogP contribution in [-0.4, -0.2) is 16.6 Å². The van der Waals surface area contributed by atoms with Gasteiger partial charge >= 0.3 is 6.03 Å². The van der Waals surface area contributed by atoms with Crippen LogP contribution in [0.4, 0.5) is 14.9 Å². The van der Waals surface area contributed by atoms with Crippen LogP contribution >= 0.6 is 12.2 Å². The first kappa shape index (κ1) is 14.4. The van der Waals surface area contributed by atoms with Crippen molar-refractivity contribution in [1.82, 2.24) is 5.32 Å². The van der Waals surface area contributed by atoms with Crippen molar-refractivity contribution in [3.05, 3.63) is 30.1 Å². The minimum absolute atomic E-state index is 0.108. The van der Waals surface area contributed by atoms with E-state index in [1.165, 1.54) is 12.1 Å². The molecule has 4 nitrogen and oxygen atoms in total. The summed E-state index contributed by atoms with van der Waals surface area (Å²) in [5.74, 6) is -0.499. The molecule has 0 saturated heterocycles. The van der Waals surface area contributed by atoms with Gasteiger partial charge in [0.15, 0.2) is 0 Å². The molecule has 0 aliphatic rings. The summed E-state index contributed by atoms with van der Waals surface area (Å²) in [5.41, 5.74) is 4.89. The summed E-state index contributed by atoms with van der Waals surface area (Å²) in [4.78, 5) is 11.9. The van der Waals surface area contributed by atoms with E-state index in [0.717, 1.165) is 0 Å². The summed E-state index contributed by atoms with van der Waals surface area (Å²) >= 11 is 4.90. The van der Waals surface area contributed by atoms with Crippen LogP contribution in [0, 0.1) is 5.82 Å². The Morgan fingerprint density at radius 1 is 1.50 bits per heavy atom. The van der Waals surface area contributed by atoms with Gasteiger partial charge in [-0.1, -0.05) is 31.3 Å². The normalized spacial score (nSPS) is 13.5. The second kappa shape index (κ2) is 5.77. The Hall–Kier alpha value is -1.69. The maximum atomic E-state index is 13.3. The minimum Gasteiger partial charge on any atom is -0.391 e. The van der Waals surface area contributed by atoms with Crippen LogP contribution < -0.4 is 16.4 Å². The average Bonchev–Trinajstić information content (AvgIpc) is 2.31. The van der Waals surface area contributed by atoms with Gasteiger partial charge in [0.2, 0.25) is 0 Å². The number of hydrogen-bond donors (Lipinski definition) is 3. The predicted octanol–water partition coefficient (Wildman–Crippen LogP) is 2.40. The molecule has 1 unspecified atom stereocenters. The van der Waals surface area contributed by atoms with Gasteiger partial charge in [0.1, 0.15) is 5.82 Å². The van der Waals surface area contributed by atoms with E-state index in [2.05, 4.69) is 10.6 Å². The van der Waals surface area contributed by atoms with Crippen molar-refractivity contribution in [3.63, 3.8) is 0 Å². The Morgan fingerprint density at radius 3 is 2.61 bits per heavy atom. The van der Waals surface area contributed by atoms with Crippen molar-refractivity contribution in [3.8, 4) is 0 Å². The smallest absolute Gasteiger partial charge is 0.320 e. The number of nitrogens with one attached hydrogen (secondary N) is 2. The van der Waals surface area contributed by atoms with Gasteiger partial charge in [-0.2, -0.15) is 0 Å². The molecule has 0 aliphatic carbocycles. The molecule has 2 amide bonds. The first-order chi connectivity index (χ1) is 8.39. The number of para-hydroxylation sites is 1. The van der Waals surface area contributed by atoms with Crippen molar-refractivity contribution in [2.45, 2.75) is 25.8 Å². The van der Waals surface area contributed by atoms with Crippen molar-refractivity contribution in [2.75, 3.05) is 5.32 Å². The van der Waals surface area contributed by atoms with Gasteiger partial charge in [-0.3, -0.25) is 0 Å². The molecular weight excluding hydrogens is 253 g/mol. The van der Waals surface area contributed by atoms with Gasteiger partial charge in [0.25, 0.3) is 0 Å². The van der Waals surface area contributed by atoms with Crippen LogP contribution in [0.1, 0.15) is 20.3 Å². The number of nitrogens with two attached hydrogens (primary N) is 1. The lowest BCUT2D eigenvalue weighted by atomic mass is 9.99. The van der Waals surface area contributed by atoms with E-state index < -0.39 is 17.4 Å². The van der Waals surface area contributed by atoms with Crippen molar-refractivity contribution in [1.29, 1.82) is 0 Å². The Kier molecular flexibility index (Phi) is 4.61. The van der Waals surface area contributed by atoms with Gasteiger partial charge in [0.05, 0.1) is 16.2 Å². The monoisotopic (exact) mass is 269 g/mol. The summed E-state index contributed by atoms with van der Waals surface area (Å²) in [6.07, 6.45) is 0.549. The molecule has 4 N–H and O–H groups in total. The summed E-state index contributed by atoms with van der Waals surface area (Å²) in [7, 11) is 0. The molecular formula is C12H16FN3OS. The summed E-state index contributed by atoms with van der Waals surface area (Å²) < 4.78 is 13.3. The first-order valence-electron chi connectivity index (χ1n) is 5.52. The highest BCUT2D eigenvalue weighted by molar-refractivity contribution is 7.80. The number of urea groups is 1. The Morgan fingerprint density at radius 2 is 2.11 bits per heavy atom. The van der Waals surface area contributed by atoms with Crippen LogP contribution in [0.15, 0.2) is 24.3 Å². The van der Waals surface area contributed by atoms with Crippen molar-refractivity contribution < 1.29 is 9.18 Å². The van der Waals surface area contributed by atoms with Gasteiger partial charge < -0.3 is 16.4 Å². The summed E-state index contributed by atoms with van der Waals surface area (Å²) in [6, 6.07) is 5.37. The maximum absolute atomic E-state index is 13.3. The summed E-state index contributed by atoms with van der Waals surface area (Å²) in [5, 5.41) is 5.05. The lowest BCUT2D eigenvalue weighted by Crippen LogP contribution is -2.55. The van der Waals surface area contributed by atoms with E-state index in [1.807, 2.05) is 6.92 Å². The molecule has 1 rings (SSSR count). The van der Waals surface area contributed by atoms with Gasteiger partial charge in [-0.25, -0.2) is 9.18 Å². The van der Waals surface area contributed by atoms with Crippen LogP contribution in [-0.2, 0) is 0 Å². The number of halogens is 1. The zero-order valence-electron chi connectivity index (χ0n) is 10.3. The maximum Gasteiger partial charge on any atom is 0.320 e. The average molecular weight is 269 g/mol. The standard InChI is InChI=1S/C12H16FN3OS/c1-3-12(2,10(14)18)16-11(17)15-9-7-5-4-6-8(9)13/h4-7H,3H2,1-2H3,(H2,14,18)(H2,15,16,17). The van der Waals surface area contributed by atoms with E-state index in [0.29, 0.717) is 6.42 Å². The fourth-order valence-electron chi connectivity index (χ4n) is 1.29. The van der Waals surface area contributed by atoms with E-state index >= 15 is 0 Å². The van der Waals surface area contributed by atoms with E-state index in [-0.39, 0.29) is 10.7 Å². The number of hydrogen-bond acceptors (Lipinski definition) is 2. The molecule has 0 heterocycles. The van der Waals surface area contributed by atoms with Crippen LogP contribution in [0.5, 0.6) is 0 Å². The van der Waals surface area contributed by atoms with Crippen LogP contribution in [0.25, 0.3) is 0 Å². The largest absolute Gasteiger partial charge is 0.391 e. The van der Waals surface area contributed by atoms with Gasteiger partial charge in [-0.15, -0.1) is 0 Å². The van der Waals surface area contributed by atoms with Crippen LogP contribution in [0.3, 0.4) is 0 Å². The molecule has 0 bridgehead atoms.